The van der Waals surface area contributed by atoms with Crippen LogP contribution >= 0.6 is 0 Å². The Morgan fingerprint density at radius 1 is 0.789 bits per heavy atom. The third-order valence-corrected chi connectivity index (χ3v) is 4.60. The SMILES string of the molecule is C#CCC(CC#C)(CO[Si](C)(C)C)CO[Si](C)(C)C. The standard InChI is InChI=1S/C15H28O2Si2/c1-9-11-15(12-10-2,13-16-18(3,4)5)14-17-19(6,7)8/h1-2H,11-14H2,3-8H3. The maximum atomic E-state index is 6.05. The summed E-state index contributed by atoms with van der Waals surface area (Å²) in [5.41, 5.74) is -0.232. The van der Waals surface area contributed by atoms with Crippen molar-refractivity contribution in [1.82, 2.24) is 0 Å². The van der Waals surface area contributed by atoms with E-state index in [0.717, 1.165) is 0 Å². The van der Waals surface area contributed by atoms with Crippen molar-refractivity contribution in [2.45, 2.75) is 52.1 Å². The number of terminal acetylenes is 2. The Hall–Kier alpha value is -0.526. The molecule has 0 unspecified atom stereocenters. The van der Waals surface area contributed by atoms with Crippen molar-refractivity contribution < 1.29 is 8.85 Å². The van der Waals surface area contributed by atoms with Crippen LogP contribution in [0.1, 0.15) is 12.8 Å². The molecule has 0 heterocycles. The van der Waals surface area contributed by atoms with Crippen molar-refractivity contribution in [3.8, 4) is 24.7 Å². The Morgan fingerprint density at radius 3 is 1.32 bits per heavy atom. The van der Waals surface area contributed by atoms with E-state index in [4.69, 9.17) is 21.7 Å². The molecule has 0 aromatic rings. The molecule has 4 heteroatoms. The minimum absolute atomic E-state index is 0.232. The first-order chi connectivity index (χ1) is 8.54. The molecule has 0 amide bonds. The smallest absolute Gasteiger partial charge is 0.183 e. The van der Waals surface area contributed by atoms with E-state index >= 15 is 0 Å². The van der Waals surface area contributed by atoms with Gasteiger partial charge in [0.05, 0.1) is 0 Å². The largest absolute Gasteiger partial charge is 0.417 e. The minimum Gasteiger partial charge on any atom is -0.417 e. The monoisotopic (exact) mass is 296 g/mol. The summed E-state index contributed by atoms with van der Waals surface area (Å²) in [6, 6.07) is 0. The summed E-state index contributed by atoms with van der Waals surface area (Å²) in [7, 11) is -3.16. The molecule has 0 aliphatic carbocycles. The normalized spacial score (nSPS) is 12.8. The third kappa shape index (κ3) is 9.07. The molecule has 2 nitrogen and oxygen atoms in total. The molecule has 0 fully saturated rings. The van der Waals surface area contributed by atoms with E-state index in [1.54, 1.807) is 0 Å². The van der Waals surface area contributed by atoms with Gasteiger partial charge in [-0.1, -0.05) is 0 Å². The highest BCUT2D eigenvalue weighted by atomic mass is 28.4. The van der Waals surface area contributed by atoms with Crippen LogP contribution in [-0.2, 0) is 8.85 Å². The molecule has 0 bridgehead atoms. The molecule has 0 rings (SSSR count). The average molecular weight is 297 g/mol. The molecule has 0 saturated carbocycles. The molecule has 0 N–H and O–H groups in total. The number of hydrogen-bond acceptors (Lipinski definition) is 2. The summed E-state index contributed by atoms with van der Waals surface area (Å²) in [6.45, 7) is 14.2. The summed E-state index contributed by atoms with van der Waals surface area (Å²) >= 11 is 0. The van der Waals surface area contributed by atoms with Gasteiger partial charge in [0.2, 0.25) is 0 Å². The number of hydrogen-bond donors (Lipinski definition) is 0. The van der Waals surface area contributed by atoms with Crippen LogP contribution in [0.5, 0.6) is 0 Å². The van der Waals surface area contributed by atoms with Crippen LogP contribution in [0.4, 0.5) is 0 Å². The van der Waals surface area contributed by atoms with Gasteiger partial charge in [-0.3, -0.25) is 0 Å². The van der Waals surface area contributed by atoms with Gasteiger partial charge in [0.1, 0.15) is 0 Å². The number of rotatable bonds is 8. The Labute approximate surface area is 121 Å². The predicted octanol–water partition coefficient (Wildman–Crippen LogP) is 3.72. The van der Waals surface area contributed by atoms with Crippen LogP contribution in [0.3, 0.4) is 0 Å². The zero-order valence-corrected chi connectivity index (χ0v) is 15.3. The van der Waals surface area contributed by atoms with Crippen molar-refractivity contribution in [3.05, 3.63) is 0 Å². The fourth-order valence-electron chi connectivity index (χ4n) is 1.48. The molecule has 0 aromatic heterocycles. The summed E-state index contributed by atoms with van der Waals surface area (Å²) in [5.74, 6) is 5.48. The molecule has 0 aromatic carbocycles. The fourth-order valence-corrected chi connectivity index (χ4v) is 2.96. The lowest BCUT2D eigenvalue weighted by atomic mass is 9.83. The van der Waals surface area contributed by atoms with Crippen molar-refractivity contribution in [1.29, 1.82) is 0 Å². The van der Waals surface area contributed by atoms with Crippen LogP contribution in [-0.4, -0.2) is 29.8 Å². The van der Waals surface area contributed by atoms with Gasteiger partial charge in [0.25, 0.3) is 0 Å². The van der Waals surface area contributed by atoms with Gasteiger partial charge in [0.15, 0.2) is 16.6 Å². The van der Waals surface area contributed by atoms with Gasteiger partial charge < -0.3 is 8.85 Å². The lowest BCUT2D eigenvalue weighted by molar-refractivity contribution is 0.0796. The lowest BCUT2D eigenvalue weighted by Crippen LogP contribution is -2.40. The van der Waals surface area contributed by atoms with Gasteiger partial charge in [-0.25, -0.2) is 0 Å². The van der Waals surface area contributed by atoms with Gasteiger partial charge >= 0.3 is 0 Å². The van der Waals surface area contributed by atoms with Crippen molar-refractivity contribution >= 4 is 16.6 Å². The maximum Gasteiger partial charge on any atom is 0.183 e. The van der Waals surface area contributed by atoms with Gasteiger partial charge in [0, 0.05) is 31.5 Å². The molecule has 19 heavy (non-hydrogen) atoms. The summed E-state index contributed by atoms with van der Waals surface area (Å²) in [4.78, 5) is 0. The molecular formula is C15H28O2Si2. The molecule has 0 radical (unpaired) electrons. The Morgan fingerprint density at radius 2 is 1.11 bits per heavy atom. The van der Waals surface area contributed by atoms with Gasteiger partial charge in [-0.05, 0) is 39.3 Å². The molecule has 0 atom stereocenters. The van der Waals surface area contributed by atoms with Crippen LogP contribution in [0, 0.1) is 30.1 Å². The zero-order valence-electron chi connectivity index (χ0n) is 13.3. The molecule has 0 aliphatic rings. The third-order valence-electron chi connectivity index (χ3n) is 2.58. The van der Waals surface area contributed by atoms with Gasteiger partial charge in [-0.15, -0.1) is 24.7 Å². The first-order valence-corrected chi connectivity index (χ1v) is 13.5. The summed E-state index contributed by atoms with van der Waals surface area (Å²) in [5, 5.41) is 0. The first-order valence-electron chi connectivity index (χ1n) is 6.68. The highest BCUT2D eigenvalue weighted by Gasteiger charge is 2.33. The van der Waals surface area contributed by atoms with Crippen LogP contribution in [0.2, 0.25) is 39.3 Å². The van der Waals surface area contributed by atoms with E-state index in [1.807, 2.05) is 0 Å². The first kappa shape index (κ1) is 18.5. The molecule has 0 saturated heterocycles. The van der Waals surface area contributed by atoms with Crippen molar-refractivity contribution in [2.75, 3.05) is 13.2 Å². The highest BCUT2D eigenvalue weighted by Crippen LogP contribution is 2.29. The van der Waals surface area contributed by atoms with Crippen molar-refractivity contribution in [2.24, 2.45) is 5.41 Å². The zero-order chi connectivity index (χ0) is 15.2. The van der Waals surface area contributed by atoms with Gasteiger partial charge in [-0.2, -0.15) is 0 Å². The fraction of sp³-hybridized carbons (Fsp3) is 0.733. The summed E-state index contributed by atoms with van der Waals surface area (Å²) in [6.07, 6.45) is 12.2. The lowest BCUT2D eigenvalue weighted by Gasteiger charge is -2.35. The van der Waals surface area contributed by atoms with E-state index < -0.39 is 16.6 Å². The minimum atomic E-state index is -1.58. The molecule has 108 valence electrons. The van der Waals surface area contributed by atoms with E-state index in [0.29, 0.717) is 26.1 Å². The Balaban J connectivity index is 4.88. The molecule has 0 aliphatic heterocycles. The molecular weight excluding hydrogens is 268 g/mol. The van der Waals surface area contributed by atoms with E-state index in [-0.39, 0.29) is 5.41 Å². The average Bonchev–Trinajstić information content (AvgIpc) is 2.22. The van der Waals surface area contributed by atoms with Crippen LogP contribution in [0.15, 0.2) is 0 Å². The predicted molar refractivity (Wildman–Crippen MR) is 87.9 cm³/mol. The summed E-state index contributed by atoms with van der Waals surface area (Å²) < 4.78 is 12.1. The van der Waals surface area contributed by atoms with Crippen molar-refractivity contribution in [3.63, 3.8) is 0 Å². The van der Waals surface area contributed by atoms with Crippen LogP contribution in [0.25, 0.3) is 0 Å². The Bertz CT molecular complexity index is 314. The Kier molecular flexibility index (Phi) is 7.11. The van der Waals surface area contributed by atoms with Crippen LogP contribution < -0.4 is 0 Å². The second kappa shape index (κ2) is 7.31. The van der Waals surface area contributed by atoms with E-state index in [9.17, 15) is 0 Å². The second-order valence-electron chi connectivity index (χ2n) is 7.06. The second-order valence-corrected chi connectivity index (χ2v) is 16.1. The maximum absolute atomic E-state index is 6.05. The topological polar surface area (TPSA) is 18.5 Å². The van der Waals surface area contributed by atoms with E-state index in [2.05, 4.69) is 51.1 Å². The quantitative estimate of drug-likeness (QED) is 0.502. The molecule has 0 spiro atoms. The highest BCUT2D eigenvalue weighted by molar-refractivity contribution is 6.70. The van der Waals surface area contributed by atoms with E-state index in [1.165, 1.54) is 0 Å².